The summed E-state index contributed by atoms with van der Waals surface area (Å²) in [6, 6.07) is 3.58. The van der Waals surface area contributed by atoms with Gasteiger partial charge in [0.1, 0.15) is 5.65 Å². The first-order chi connectivity index (χ1) is 9.61. The van der Waals surface area contributed by atoms with Gasteiger partial charge < -0.3 is 9.72 Å². The average molecular weight is 275 g/mol. The number of fused-ring (bicyclic) bond motifs is 1. The molecule has 2 heterocycles. The Morgan fingerprint density at radius 2 is 2.35 bits per heavy atom. The van der Waals surface area contributed by atoms with Crippen LogP contribution in [0.15, 0.2) is 30.2 Å². The second-order valence-electron chi connectivity index (χ2n) is 4.11. The van der Waals surface area contributed by atoms with E-state index < -0.39 is 10.9 Å². The number of nitrogens with zero attached hydrogens (tertiary/aromatic N) is 2. The number of aromatic nitrogens is 2. The molecule has 0 aliphatic rings. The van der Waals surface area contributed by atoms with Gasteiger partial charge >= 0.3 is 5.97 Å². The van der Waals surface area contributed by atoms with Gasteiger partial charge in [0, 0.05) is 35.8 Å². The van der Waals surface area contributed by atoms with Gasteiger partial charge in [0.25, 0.3) is 0 Å². The van der Waals surface area contributed by atoms with E-state index in [1.165, 1.54) is 13.2 Å². The molecule has 2 aromatic heterocycles. The molecule has 0 radical (unpaired) electrons. The molecule has 0 aliphatic heterocycles. The van der Waals surface area contributed by atoms with Crippen molar-refractivity contribution in [2.75, 3.05) is 7.11 Å². The van der Waals surface area contributed by atoms with Crippen molar-refractivity contribution in [3.05, 3.63) is 45.9 Å². The topological polar surface area (TPSA) is 98.1 Å². The molecule has 7 nitrogen and oxygen atoms in total. The molecule has 0 atom stereocenters. The fraction of sp³-hybridized carbons (Fsp3) is 0.231. The minimum absolute atomic E-state index is 0.0204. The van der Waals surface area contributed by atoms with Crippen molar-refractivity contribution >= 4 is 23.1 Å². The molecular formula is C13H13N3O4. The quantitative estimate of drug-likeness (QED) is 0.512. The second-order valence-corrected chi connectivity index (χ2v) is 4.11. The van der Waals surface area contributed by atoms with E-state index in [2.05, 4.69) is 14.7 Å². The molecule has 0 saturated heterocycles. The van der Waals surface area contributed by atoms with E-state index >= 15 is 0 Å². The first-order valence-electron chi connectivity index (χ1n) is 5.95. The molecule has 7 heteroatoms. The first kappa shape index (κ1) is 13.7. The Bertz CT molecular complexity index is 675. The summed E-state index contributed by atoms with van der Waals surface area (Å²) in [6.45, 7) is 0. The lowest BCUT2D eigenvalue weighted by atomic mass is 10.1. The van der Waals surface area contributed by atoms with Crippen molar-refractivity contribution in [1.29, 1.82) is 0 Å². The lowest BCUT2D eigenvalue weighted by molar-refractivity contribution is -0.426. The fourth-order valence-electron chi connectivity index (χ4n) is 1.82. The summed E-state index contributed by atoms with van der Waals surface area (Å²) < 4.78 is 4.48. The van der Waals surface area contributed by atoms with Gasteiger partial charge in [0.2, 0.25) is 5.70 Å². The van der Waals surface area contributed by atoms with E-state index in [4.69, 9.17) is 0 Å². The lowest BCUT2D eigenvalue weighted by Gasteiger charge is -1.98. The Morgan fingerprint density at radius 3 is 3.05 bits per heavy atom. The molecule has 0 fully saturated rings. The summed E-state index contributed by atoms with van der Waals surface area (Å²) in [7, 11) is 1.25. The fourth-order valence-corrected chi connectivity index (χ4v) is 1.82. The van der Waals surface area contributed by atoms with Gasteiger partial charge in [0.15, 0.2) is 0 Å². The van der Waals surface area contributed by atoms with E-state index in [1.54, 1.807) is 18.5 Å². The summed E-state index contributed by atoms with van der Waals surface area (Å²) in [5.74, 6) is -0.474. The number of hydrogen-bond acceptors (Lipinski definition) is 5. The molecule has 0 unspecified atom stereocenters. The molecule has 0 aliphatic carbocycles. The standard InChI is InChI=1S/C13H13N3O4/c1-20-12(17)5-4-10(16(18)19)7-9-8-15-13-11(9)3-2-6-14-13/h2-3,6-8H,4-5H2,1H3,(H,14,15)/b10-7-. The van der Waals surface area contributed by atoms with E-state index in [1.807, 2.05) is 6.07 Å². The normalized spacial score (nSPS) is 11.6. The molecule has 20 heavy (non-hydrogen) atoms. The summed E-state index contributed by atoms with van der Waals surface area (Å²) >= 11 is 0. The largest absolute Gasteiger partial charge is 0.469 e. The van der Waals surface area contributed by atoms with Crippen molar-refractivity contribution in [3.63, 3.8) is 0 Å². The van der Waals surface area contributed by atoms with Gasteiger partial charge in [-0.1, -0.05) is 0 Å². The SMILES string of the molecule is COC(=O)CC/C(=C/c1c[nH]c2ncccc12)[N+](=O)[O-]. The predicted molar refractivity (Wildman–Crippen MR) is 72.3 cm³/mol. The number of rotatable bonds is 5. The smallest absolute Gasteiger partial charge is 0.306 e. The molecule has 2 rings (SSSR count). The highest BCUT2D eigenvalue weighted by Gasteiger charge is 2.15. The number of nitro groups is 1. The van der Waals surface area contributed by atoms with Crippen LogP contribution < -0.4 is 0 Å². The number of allylic oxidation sites excluding steroid dienone is 1. The third kappa shape index (κ3) is 3.00. The maximum atomic E-state index is 11.1. The average Bonchev–Trinajstić information content (AvgIpc) is 2.86. The zero-order valence-electron chi connectivity index (χ0n) is 10.8. The van der Waals surface area contributed by atoms with Crippen LogP contribution in [-0.2, 0) is 9.53 Å². The highest BCUT2D eigenvalue weighted by Crippen LogP contribution is 2.20. The number of ether oxygens (including phenoxy) is 1. The molecule has 1 N–H and O–H groups in total. The van der Waals surface area contributed by atoms with E-state index in [-0.39, 0.29) is 18.5 Å². The number of H-pyrrole nitrogens is 1. The maximum absolute atomic E-state index is 11.1. The van der Waals surface area contributed by atoms with E-state index in [0.29, 0.717) is 11.2 Å². The van der Waals surface area contributed by atoms with Crippen molar-refractivity contribution < 1.29 is 14.5 Å². The lowest BCUT2D eigenvalue weighted by Crippen LogP contribution is -2.05. The summed E-state index contributed by atoms with van der Waals surface area (Å²) in [5, 5.41) is 11.8. The van der Waals surface area contributed by atoms with Crippen LogP contribution in [0, 0.1) is 10.1 Å². The molecule has 0 aromatic carbocycles. The zero-order chi connectivity index (χ0) is 14.5. The molecule has 0 amide bonds. The molecule has 2 aromatic rings. The summed E-state index contributed by atoms with van der Waals surface area (Å²) in [5.41, 5.74) is 1.29. The number of hydrogen-bond donors (Lipinski definition) is 1. The number of aromatic amines is 1. The highest BCUT2D eigenvalue weighted by atomic mass is 16.6. The molecular weight excluding hydrogens is 262 g/mol. The van der Waals surface area contributed by atoms with Crippen LogP contribution in [0.2, 0.25) is 0 Å². The Hall–Kier alpha value is -2.70. The van der Waals surface area contributed by atoms with E-state index in [9.17, 15) is 14.9 Å². The first-order valence-corrected chi connectivity index (χ1v) is 5.95. The van der Waals surface area contributed by atoms with Gasteiger partial charge in [-0.2, -0.15) is 0 Å². The molecule has 0 spiro atoms. The van der Waals surface area contributed by atoms with Crippen molar-refractivity contribution in [2.24, 2.45) is 0 Å². The van der Waals surface area contributed by atoms with E-state index in [0.717, 1.165) is 5.39 Å². The number of esters is 1. The number of carbonyl (C=O) groups excluding carboxylic acids is 1. The number of pyridine rings is 1. The van der Waals surface area contributed by atoms with Crippen LogP contribution in [0.5, 0.6) is 0 Å². The summed E-state index contributed by atoms with van der Waals surface area (Å²) in [4.78, 5) is 28.7. The number of methoxy groups -OCH3 is 1. The van der Waals surface area contributed by atoms with Crippen LogP contribution in [0.1, 0.15) is 18.4 Å². The van der Waals surface area contributed by atoms with Gasteiger partial charge in [0.05, 0.1) is 18.5 Å². The maximum Gasteiger partial charge on any atom is 0.306 e. The third-order valence-electron chi connectivity index (χ3n) is 2.85. The molecule has 0 bridgehead atoms. The van der Waals surface area contributed by atoms with Gasteiger partial charge in [-0.05, 0) is 12.1 Å². The van der Waals surface area contributed by atoms with Crippen LogP contribution in [0.25, 0.3) is 17.1 Å². The monoisotopic (exact) mass is 275 g/mol. The van der Waals surface area contributed by atoms with Crippen molar-refractivity contribution in [3.8, 4) is 0 Å². The Labute approximate surface area is 114 Å². The Kier molecular flexibility index (Phi) is 4.09. The second kappa shape index (κ2) is 5.96. The minimum Gasteiger partial charge on any atom is -0.469 e. The van der Waals surface area contributed by atoms with Crippen molar-refractivity contribution in [1.82, 2.24) is 9.97 Å². The number of nitrogens with one attached hydrogen (secondary N) is 1. The Balaban J connectivity index is 2.28. The van der Waals surface area contributed by atoms with Gasteiger partial charge in [-0.25, -0.2) is 4.98 Å². The zero-order valence-corrected chi connectivity index (χ0v) is 10.8. The highest BCUT2D eigenvalue weighted by molar-refractivity contribution is 5.86. The molecule has 0 saturated carbocycles. The van der Waals surface area contributed by atoms with Crippen molar-refractivity contribution in [2.45, 2.75) is 12.8 Å². The predicted octanol–water partition coefficient (Wildman–Crippen LogP) is 2.13. The Morgan fingerprint density at radius 1 is 1.55 bits per heavy atom. The molecule has 104 valence electrons. The van der Waals surface area contributed by atoms with Crippen LogP contribution in [0.4, 0.5) is 0 Å². The minimum atomic E-state index is -0.488. The number of carbonyl (C=O) groups is 1. The van der Waals surface area contributed by atoms with Crippen LogP contribution in [0.3, 0.4) is 0 Å². The van der Waals surface area contributed by atoms with Gasteiger partial charge in [-0.15, -0.1) is 0 Å². The third-order valence-corrected chi connectivity index (χ3v) is 2.85. The van der Waals surface area contributed by atoms with Gasteiger partial charge in [-0.3, -0.25) is 14.9 Å². The summed E-state index contributed by atoms with van der Waals surface area (Å²) in [6.07, 6.45) is 4.73. The van der Waals surface area contributed by atoms with Crippen LogP contribution >= 0.6 is 0 Å². The van der Waals surface area contributed by atoms with Crippen LogP contribution in [-0.4, -0.2) is 28.0 Å².